The number of benzene rings is 2. The number of aromatic nitrogens is 2. The van der Waals surface area contributed by atoms with Crippen LogP contribution in [0.15, 0.2) is 53.4 Å². The van der Waals surface area contributed by atoms with Gasteiger partial charge in [0.15, 0.2) is 5.11 Å². The van der Waals surface area contributed by atoms with Crippen LogP contribution in [0.4, 0.5) is 11.6 Å². The van der Waals surface area contributed by atoms with Crippen molar-refractivity contribution in [3.8, 4) is 0 Å². The minimum atomic E-state index is -3.86. The number of sulfonamides is 1. The minimum Gasteiger partial charge on any atom is -0.332 e. The molecule has 0 spiro atoms. The zero-order valence-electron chi connectivity index (χ0n) is 18.1. The number of carbonyl (C=O) groups excluding carboxylic acids is 1. The Bertz CT molecular complexity index is 1250. The second-order valence-corrected chi connectivity index (χ2v) is 9.48. The smallest absolute Gasteiger partial charge is 0.264 e. The fourth-order valence-corrected chi connectivity index (χ4v) is 4.27. The molecule has 0 aliphatic heterocycles. The van der Waals surface area contributed by atoms with E-state index < -0.39 is 10.0 Å². The first-order chi connectivity index (χ1) is 15.0. The molecule has 2 aromatic carbocycles. The van der Waals surface area contributed by atoms with Crippen molar-refractivity contribution in [2.24, 2.45) is 0 Å². The maximum absolute atomic E-state index is 12.6. The molecule has 8 nitrogen and oxygen atoms in total. The molecule has 3 rings (SSSR count). The Morgan fingerprint density at radius 1 is 0.875 bits per heavy atom. The van der Waals surface area contributed by atoms with Crippen molar-refractivity contribution in [1.82, 2.24) is 15.3 Å². The summed E-state index contributed by atoms with van der Waals surface area (Å²) in [5.41, 5.74) is 4.30. The van der Waals surface area contributed by atoms with Crippen molar-refractivity contribution in [2.75, 3.05) is 10.0 Å². The van der Waals surface area contributed by atoms with Crippen LogP contribution in [-0.2, 0) is 10.0 Å². The fraction of sp³-hybridized carbons (Fsp3) is 0.182. The lowest BCUT2D eigenvalue weighted by Crippen LogP contribution is -2.34. The van der Waals surface area contributed by atoms with Crippen LogP contribution in [0.25, 0.3) is 0 Å². The Morgan fingerprint density at radius 2 is 1.44 bits per heavy atom. The predicted octanol–water partition coefficient (Wildman–Crippen LogP) is 3.64. The molecule has 0 aliphatic rings. The van der Waals surface area contributed by atoms with Gasteiger partial charge in [-0.15, -0.1) is 0 Å². The van der Waals surface area contributed by atoms with Crippen molar-refractivity contribution in [1.29, 1.82) is 0 Å². The molecule has 0 aliphatic carbocycles. The van der Waals surface area contributed by atoms with Crippen LogP contribution in [0, 0.1) is 27.7 Å². The number of hydrogen-bond acceptors (Lipinski definition) is 6. The first kappa shape index (κ1) is 23.3. The molecule has 0 atom stereocenters. The third-order valence-corrected chi connectivity index (χ3v) is 5.89. The van der Waals surface area contributed by atoms with Crippen LogP contribution in [0.1, 0.15) is 32.9 Å². The van der Waals surface area contributed by atoms with Crippen LogP contribution in [-0.4, -0.2) is 29.4 Å². The van der Waals surface area contributed by atoms with Crippen molar-refractivity contribution < 1.29 is 13.2 Å². The first-order valence-electron chi connectivity index (χ1n) is 9.68. The van der Waals surface area contributed by atoms with Crippen molar-refractivity contribution in [3.05, 3.63) is 76.6 Å². The minimum absolute atomic E-state index is 0.0139. The summed E-state index contributed by atoms with van der Waals surface area (Å²) >= 11 is 5.21. The zero-order valence-corrected chi connectivity index (χ0v) is 19.7. The average molecular weight is 470 g/mol. The summed E-state index contributed by atoms with van der Waals surface area (Å²) in [4.78, 5) is 20.6. The van der Waals surface area contributed by atoms with Gasteiger partial charge in [0.2, 0.25) is 5.95 Å². The van der Waals surface area contributed by atoms with Crippen molar-refractivity contribution >= 4 is 44.9 Å². The lowest BCUT2D eigenvalue weighted by Gasteiger charge is -2.12. The van der Waals surface area contributed by atoms with Gasteiger partial charge >= 0.3 is 0 Å². The van der Waals surface area contributed by atoms with E-state index in [-0.39, 0.29) is 21.9 Å². The van der Waals surface area contributed by atoms with Gasteiger partial charge in [0.1, 0.15) is 0 Å². The van der Waals surface area contributed by atoms with Gasteiger partial charge in [-0.2, -0.15) is 0 Å². The SMILES string of the molecule is Cc1cc(C)cc(C(=O)NC(=S)Nc2ccc(S(=O)(=O)Nc3nc(C)cc(C)n3)cc2)c1. The highest BCUT2D eigenvalue weighted by Crippen LogP contribution is 2.17. The molecule has 0 saturated heterocycles. The lowest BCUT2D eigenvalue weighted by molar-refractivity contribution is 0.0977. The van der Waals surface area contributed by atoms with Gasteiger partial charge in [0, 0.05) is 22.6 Å². The second-order valence-electron chi connectivity index (χ2n) is 7.39. The molecule has 1 heterocycles. The molecule has 3 aromatic rings. The van der Waals surface area contributed by atoms with E-state index in [0.29, 0.717) is 22.6 Å². The van der Waals surface area contributed by atoms with E-state index in [9.17, 15) is 13.2 Å². The third kappa shape index (κ3) is 6.08. The number of carbonyl (C=O) groups is 1. The molecular weight excluding hydrogens is 446 g/mol. The number of hydrogen-bond donors (Lipinski definition) is 3. The van der Waals surface area contributed by atoms with E-state index in [1.54, 1.807) is 44.2 Å². The summed E-state index contributed by atoms with van der Waals surface area (Å²) in [7, 11) is -3.86. The van der Waals surface area contributed by atoms with Crippen LogP contribution in [0.3, 0.4) is 0 Å². The van der Waals surface area contributed by atoms with Gasteiger partial charge < -0.3 is 5.32 Å². The molecule has 3 N–H and O–H groups in total. The van der Waals surface area contributed by atoms with E-state index in [2.05, 4.69) is 25.3 Å². The summed E-state index contributed by atoms with van der Waals surface area (Å²) in [5.74, 6) is -0.314. The Morgan fingerprint density at radius 3 is 2.00 bits per heavy atom. The summed E-state index contributed by atoms with van der Waals surface area (Å²) in [6.07, 6.45) is 0. The first-order valence-corrected chi connectivity index (χ1v) is 11.6. The topological polar surface area (TPSA) is 113 Å². The number of anilines is 2. The molecular formula is C22H23N5O3S2. The highest BCUT2D eigenvalue weighted by molar-refractivity contribution is 7.92. The number of amides is 1. The average Bonchev–Trinajstić information content (AvgIpc) is 2.66. The summed E-state index contributed by atoms with van der Waals surface area (Å²) in [5, 5.41) is 5.60. The largest absolute Gasteiger partial charge is 0.332 e. The molecule has 0 saturated carbocycles. The van der Waals surface area contributed by atoms with Gasteiger partial charge in [-0.05, 0) is 82.4 Å². The lowest BCUT2D eigenvalue weighted by atomic mass is 10.1. The van der Waals surface area contributed by atoms with Crippen LogP contribution in [0.2, 0.25) is 0 Å². The van der Waals surface area contributed by atoms with Crippen LogP contribution in [0.5, 0.6) is 0 Å². The van der Waals surface area contributed by atoms with Crippen molar-refractivity contribution in [3.63, 3.8) is 0 Å². The highest BCUT2D eigenvalue weighted by Gasteiger charge is 2.16. The Labute approximate surface area is 192 Å². The number of nitrogens with zero attached hydrogens (tertiary/aromatic N) is 2. The number of aryl methyl sites for hydroxylation is 4. The molecule has 0 radical (unpaired) electrons. The fourth-order valence-electron chi connectivity index (χ4n) is 3.11. The molecule has 0 bridgehead atoms. The highest BCUT2D eigenvalue weighted by atomic mass is 32.2. The normalized spacial score (nSPS) is 11.0. The standard InChI is InChI=1S/C22H23N5O3S2/c1-13-9-14(2)11-17(10-13)20(28)26-22(31)25-18-5-7-19(8-6-18)32(29,30)27-21-23-15(3)12-16(4)24-21/h5-12H,1-4H3,(H,23,24,27)(H2,25,26,28,31). The Balaban J connectivity index is 1.65. The van der Waals surface area contributed by atoms with Gasteiger partial charge in [-0.3, -0.25) is 10.1 Å². The molecule has 0 fully saturated rings. The molecule has 166 valence electrons. The predicted molar refractivity (Wildman–Crippen MR) is 128 cm³/mol. The molecule has 32 heavy (non-hydrogen) atoms. The number of thiocarbonyl (C=S) groups is 1. The second kappa shape index (κ2) is 9.41. The van der Waals surface area contributed by atoms with Crippen molar-refractivity contribution in [2.45, 2.75) is 32.6 Å². The zero-order chi connectivity index (χ0) is 23.5. The molecule has 10 heteroatoms. The summed E-state index contributed by atoms with van der Waals surface area (Å²) < 4.78 is 27.6. The van der Waals surface area contributed by atoms with E-state index in [1.165, 1.54) is 12.1 Å². The molecule has 1 aromatic heterocycles. The quantitative estimate of drug-likeness (QED) is 0.489. The molecule has 0 unspecified atom stereocenters. The van der Waals surface area contributed by atoms with E-state index in [4.69, 9.17) is 12.2 Å². The van der Waals surface area contributed by atoms with Gasteiger partial charge in [-0.25, -0.2) is 23.1 Å². The van der Waals surface area contributed by atoms with E-state index in [1.807, 2.05) is 19.9 Å². The maximum Gasteiger partial charge on any atom is 0.264 e. The number of rotatable bonds is 5. The van der Waals surface area contributed by atoms with E-state index >= 15 is 0 Å². The van der Waals surface area contributed by atoms with Gasteiger partial charge in [-0.1, -0.05) is 17.2 Å². The number of nitrogens with one attached hydrogen (secondary N) is 3. The monoisotopic (exact) mass is 469 g/mol. The van der Waals surface area contributed by atoms with E-state index in [0.717, 1.165) is 11.1 Å². The van der Waals surface area contributed by atoms with Gasteiger partial charge in [0.05, 0.1) is 4.90 Å². The summed E-state index contributed by atoms with van der Waals surface area (Å²) in [6.45, 7) is 7.34. The van der Waals surface area contributed by atoms with Gasteiger partial charge in [0.25, 0.3) is 15.9 Å². The summed E-state index contributed by atoms with van der Waals surface area (Å²) in [6, 6.07) is 13.2. The Kier molecular flexibility index (Phi) is 6.85. The molecule has 1 amide bonds. The van der Waals surface area contributed by atoms with Crippen LogP contribution < -0.4 is 15.4 Å². The van der Waals surface area contributed by atoms with Crippen LogP contribution >= 0.6 is 12.2 Å². The third-order valence-electron chi connectivity index (χ3n) is 4.34. The Hall–Kier alpha value is -3.37. The maximum atomic E-state index is 12.6.